The summed E-state index contributed by atoms with van der Waals surface area (Å²) in [6.07, 6.45) is 0. The average molecular weight is 278 g/mol. The maximum atomic E-state index is 11.2. The highest BCUT2D eigenvalue weighted by Crippen LogP contribution is 2.22. The molecule has 1 atom stereocenters. The van der Waals surface area contributed by atoms with Gasteiger partial charge in [0, 0.05) is 32.2 Å². The first-order valence-electron chi connectivity index (χ1n) is 6.84. The van der Waals surface area contributed by atoms with Gasteiger partial charge >= 0.3 is 5.97 Å². The Balaban J connectivity index is 2.13. The lowest BCUT2D eigenvalue weighted by atomic mass is 10.1. The van der Waals surface area contributed by atoms with Gasteiger partial charge in [-0.05, 0) is 31.7 Å². The summed E-state index contributed by atoms with van der Waals surface area (Å²) in [5.74, 6) is -0.539. The van der Waals surface area contributed by atoms with E-state index in [4.69, 9.17) is 4.74 Å². The van der Waals surface area contributed by atoms with Crippen LogP contribution in [0.2, 0.25) is 0 Å². The van der Waals surface area contributed by atoms with Gasteiger partial charge in [0.2, 0.25) is 0 Å². The van der Waals surface area contributed by atoms with Crippen molar-refractivity contribution in [2.45, 2.75) is 19.5 Å². The molecule has 0 saturated carbocycles. The zero-order valence-corrected chi connectivity index (χ0v) is 12.3. The summed E-state index contributed by atoms with van der Waals surface area (Å²) in [6.45, 7) is 6.08. The molecular formula is C15H22N2O3. The van der Waals surface area contributed by atoms with Gasteiger partial charge in [0.15, 0.2) is 0 Å². The zero-order valence-electron chi connectivity index (χ0n) is 12.3. The molecule has 1 unspecified atom stereocenters. The van der Waals surface area contributed by atoms with Gasteiger partial charge in [-0.15, -0.1) is 0 Å². The molecule has 0 aromatic heterocycles. The number of ether oxygens (including phenoxy) is 1. The van der Waals surface area contributed by atoms with Gasteiger partial charge in [-0.3, -0.25) is 4.90 Å². The van der Waals surface area contributed by atoms with Crippen LogP contribution in [0.3, 0.4) is 0 Å². The van der Waals surface area contributed by atoms with E-state index in [2.05, 4.69) is 23.8 Å². The monoisotopic (exact) mass is 278 g/mol. The second kappa shape index (κ2) is 6.24. The number of aromatic carboxylic acids is 1. The predicted molar refractivity (Wildman–Crippen MR) is 77.3 cm³/mol. The third-order valence-corrected chi connectivity index (χ3v) is 3.85. The van der Waals surface area contributed by atoms with Crippen molar-refractivity contribution < 1.29 is 14.6 Å². The van der Waals surface area contributed by atoms with Gasteiger partial charge < -0.3 is 14.7 Å². The molecule has 1 aromatic rings. The number of rotatable bonds is 4. The lowest BCUT2D eigenvalue weighted by Crippen LogP contribution is -2.49. The Morgan fingerprint density at radius 2 is 2.20 bits per heavy atom. The first-order chi connectivity index (χ1) is 9.51. The molecule has 0 amide bonds. The molecular weight excluding hydrogens is 256 g/mol. The molecule has 0 spiro atoms. The topological polar surface area (TPSA) is 53.0 Å². The average Bonchev–Trinajstić information content (AvgIpc) is 2.41. The third kappa shape index (κ3) is 3.29. The number of benzene rings is 1. The lowest BCUT2D eigenvalue weighted by Gasteiger charge is -2.38. The molecule has 5 nitrogen and oxygen atoms in total. The van der Waals surface area contributed by atoms with Gasteiger partial charge in [0.1, 0.15) is 11.3 Å². The summed E-state index contributed by atoms with van der Waals surface area (Å²) >= 11 is 0. The molecule has 1 aliphatic rings. The van der Waals surface area contributed by atoms with E-state index in [9.17, 15) is 9.90 Å². The Bertz CT molecular complexity index is 490. The van der Waals surface area contributed by atoms with Crippen LogP contribution < -0.4 is 4.74 Å². The van der Waals surface area contributed by atoms with E-state index in [0.717, 1.165) is 31.7 Å². The number of likely N-dealkylation sites (N-methyl/N-ethyl adjacent to an activating group) is 1. The standard InChI is InChI=1S/C15H22N2O3/c1-11-9-16(2)6-7-17(11)10-12-4-5-14(20-3)13(8-12)15(18)19/h4-5,8,11H,6-7,9-10H2,1-3H3,(H,18,19). The molecule has 1 aliphatic heterocycles. The van der Waals surface area contributed by atoms with Crippen molar-refractivity contribution in [1.29, 1.82) is 0 Å². The summed E-state index contributed by atoms with van der Waals surface area (Å²) in [5, 5.41) is 9.21. The predicted octanol–water partition coefficient (Wildman–Crippen LogP) is 1.53. The molecule has 1 aromatic carbocycles. The van der Waals surface area contributed by atoms with Gasteiger partial charge in [-0.1, -0.05) is 6.07 Å². The quantitative estimate of drug-likeness (QED) is 0.905. The smallest absolute Gasteiger partial charge is 0.339 e. The summed E-state index contributed by atoms with van der Waals surface area (Å²) in [4.78, 5) is 15.9. The van der Waals surface area contributed by atoms with E-state index >= 15 is 0 Å². The van der Waals surface area contributed by atoms with Crippen molar-refractivity contribution >= 4 is 5.97 Å². The Labute approximate surface area is 119 Å². The van der Waals surface area contributed by atoms with Crippen LogP contribution in [-0.2, 0) is 6.54 Å². The second-order valence-electron chi connectivity index (χ2n) is 5.42. The molecule has 1 heterocycles. The summed E-state index contributed by atoms with van der Waals surface area (Å²) in [5.41, 5.74) is 1.24. The van der Waals surface area contributed by atoms with Crippen LogP contribution >= 0.6 is 0 Å². The molecule has 2 rings (SSSR count). The fraction of sp³-hybridized carbons (Fsp3) is 0.533. The maximum Gasteiger partial charge on any atom is 0.339 e. The number of hydrogen-bond acceptors (Lipinski definition) is 4. The fourth-order valence-corrected chi connectivity index (χ4v) is 2.67. The van der Waals surface area contributed by atoms with Crippen LogP contribution in [0.4, 0.5) is 0 Å². The van der Waals surface area contributed by atoms with Crippen LogP contribution in [0.15, 0.2) is 18.2 Å². The highest BCUT2D eigenvalue weighted by molar-refractivity contribution is 5.91. The van der Waals surface area contributed by atoms with Crippen LogP contribution in [0, 0.1) is 0 Å². The van der Waals surface area contributed by atoms with E-state index in [1.54, 1.807) is 12.1 Å². The van der Waals surface area contributed by atoms with Crippen molar-refractivity contribution in [2.75, 3.05) is 33.8 Å². The number of carboxylic acid groups (broad SMARTS) is 1. The minimum Gasteiger partial charge on any atom is -0.496 e. The van der Waals surface area contributed by atoms with E-state index in [1.165, 1.54) is 7.11 Å². The van der Waals surface area contributed by atoms with Crippen LogP contribution in [-0.4, -0.2) is 60.7 Å². The van der Waals surface area contributed by atoms with Crippen molar-refractivity contribution in [2.24, 2.45) is 0 Å². The number of piperazine rings is 1. The second-order valence-corrected chi connectivity index (χ2v) is 5.42. The Hall–Kier alpha value is -1.59. The van der Waals surface area contributed by atoms with Crippen molar-refractivity contribution in [3.8, 4) is 5.75 Å². The molecule has 1 N–H and O–H groups in total. The molecule has 1 fully saturated rings. The first-order valence-corrected chi connectivity index (χ1v) is 6.84. The van der Waals surface area contributed by atoms with Crippen molar-refractivity contribution in [3.63, 3.8) is 0 Å². The lowest BCUT2D eigenvalue weighted by molar-refractivity contribution is 0.0692. The maximum absolute atomic E-state index is 11.2. The molecule has 0 bridgehead atoms. The van der Waals surface area contributed by atoms with E-state index in [0.29, 0.717) is 11.8 Å². The molecule has 20 heavy (non-hydrogen) atoms. The molecule has 0 aliphatic carbocycles. The molecule has 5 heteroatoms. The highest BCUT2D eigenvalue weighted by atomic mass is 16.5. The summed E-state index contributed by atoms with van der Waals surface area (Å²) < 4.78 is 5.09. The largest absolute Gasteiger partial charge is 0.496 e. The van der Waals surface area contributed by atoms with E-state index in [1.807, 2.05) is 6.07 Å². The van der Waals surface area contributed by atoms with Gasteiger partial charge in [-0.2, -0.15) is 0 Å². The Morgan fingerprint density at radius 1 is 1.45 bits per heavy atom. The third-order valence-electron chi connectivity index (χ3n) is 3.85. The number of nitrogens with zero attached hydrogens (tertiary/aromatic N) is 2. The molecule has 110 valence electrons. The van der Waals surface area contributed by atoms with Crippen molar-refractivity contribution in [3.05, 3.63) is 29.3 Å². The summed E-state index contributed by atoms with van der Waals surface area (Å²) in [7, 11) is 3.62. The minimum absolute atomic E-state index is 0.229. The zero-order chi connectivity index (χ0) is 14.7. The van der Waals surface area contributed by atoms with Gasteiger partial charge in [0.05, 0.1) is 7.11 Å². The molecule has 0 radical (unpaired) electrons. The minimum atomic E-state index is -0.949. The first kappa shape index (κ1) is 14.8. The number of methoxy groups -OCH3 is 1. The number of carbonyl (C=O) groups is 1. The van der Waals surface area contributed by atoms with E-state index < -0.39 is 5.97 Å². The van der Waals surface area contributed by atoms with Gasteiger partial charge in [-0.25, -0.2) is 4.79 Å². The van der Waals surface area contributed by atoms with Gasteiger partial charge in [0.25, 0.3) is 0 Å². The fourth-order valence-electron chi connectivity index (χ4n) is 2.67. The normalized spacial score (nSPS) is 20.9. The van der Waals surface area contributed by atoms with Crippen LogP contribution in [0.1, 0.15) is 22.8 Å². The Morgan fingerprint density at radius 3 is 2.80 bits per heavy atom. The highest BCUT2D eigenvalue weighted by Gasteiger charge is 2.22. The SMILES string of the molecule is COc1ccc(CN2CCN(C)CC2C)cc1C(=O)O. The number of carboxylic acids is 1. The van der Waals surface area contributed by atoms with Crippen LogP contribution in [0.5, 0.6) is 5.75 Å². The summed E-state index contributed by atoms with van der Waals surface area (Å²) in [6, 6.07) is 5.87. The van der Waals surface area contributed by atoms with Crippen molar-refractivity contribution in [1.82, 2.24) is 9.80 Å². The van der Waals surface area contributed by atoms with Crippen LogP contribution in [0.25, 0.3) is 0 Å². The van der Waals surface area contributed by atoms with E-state index in [-0.39, 0.29) is 5.56 Å². The Kier molecular flexibility index (Phi) is 4.62. The number of hydrogen-bond donors (Lipinski definition) is 1. The molecule has 1 saturated heterocycles.